The van der Waals surface area contributed by atoms with Crippen molar-refractivity contribution in [3.05, 3.63) is 0 Å². The summed E-state index contributed by atoms with van der Waals surface area (Å²) in [4.78, 5) is 0. The molecule has 16 heavy (non-hydrogen) atoms. The first-order valence-corrected chi connectivity index (χ1v) is 7.92. The third-order valence-corrected chi connectivity index (χ3v) is 4.67. The molecule has 0 aromatic rings. The van der Waals surface area contributed by atoms with Crippen molar-refractivity contribution in [2.45, 2.75) is 45.8 Å². The maximum atomic E-state index is 11.0. The largest absolute Gasteiger partial charge is 0.378 e. The Kier molecular flexibility index (Phi) is 5.41. The first-order chi connectivity index (χ1) is 7.54. The highest BCUT2D eigenvalue weighted by molar-refractivity contribution is 7.84. The maximum Gasteiger partial charge on any atom is 0.0658 e. The van der Waals surface area contributed by atoms with Gasteiger partial charge < -0.3 is 10.1 Å². The first kappa shape index (κ1) is 14.1. The van der Waals surface area contributed by atoms with Crippen molar-refractivity contribution in [2.75, 3.05) is 25.2 Å². The summed E-state index contributed by atoms with van der Waals surface area (Å²) in [7, 11) is -0.693. The van der Waals surface area contributed by atoms with Crippen molar-refractivity contribution in [1.29, 1.82) is 0 Å². The molecule has 0 saturated heterocycles. The molecule has 1 aliphatic carbocycles. The van der Waals surface area contributed by atoms with Gasteiger partial charge in [-0.25, -0.2) is 0 Å². The van der Waals surface area contributed by atoms with Crippen LogP contribution in [0.2, 0.25) is 0 Å². The zero-order valence-electron chi connectivity index (χ0n) is 10.9. The van der Waals surface area contributed by atoms with Crippen molar-refractivity contribution >= 4 is 10.8 Å². The molecule has 0 aliphatic heterocycles. The van der Waals surface area contributed by atoms with Crippen LogP contribution in [0, 0.1) is 5.41 Å². The molecular weight excluding hydrogens is 222 g/mol. The average molecular weight is 247 g/mol. The maximum absolute atomic E-state index is 11.0. The third kappa shape index (κ3) is 3.05. The number of hydrogen-bond donors (Lipinski definition) is 1. The van der Waals surface area contributed by atoms with Crippen LogP contribution in [0.25, 0.3) is 0 Å². The van der Waals surface area contributed by atoms with Crippen LogP contribution in [0.15, 0.2) is 0 Å². The minimum atomic E-state index is -0.693. The molecule has 1 saturated carbocycles. The highest BCUT2D eigenvalue weighted by Crippen LogP contribution is 2.45. The van der Waals surface area contributed by atoms with E-state index in [0.717, 1.165) is 31.7 Å². The predicted molar refractivity (Wildman–Crippen MR) is 69.2 cm³/mol. The van der Waals surface area contributed by atoms with Crippen LogP contribution < -0.4 is 5.32 Å². The monoisotopic (exact) mass is 247 g/mol. The normalized spacial score (nSPS) is 35.8. The molecule has 1 aliphatic rings. The van der Waals surface area contributed by atoms with Crippen LogP contribution in [0.3, 0.4) is 0 Å². The summed E-state index contributed by atoms with van der Waals surface area (Å²) < 4.78 is 16.7. The molecule has 0 heterocycles. The number of nitrogens with one attached hydrogen (secondary N) is 1. The summed E-state index contributed by atoms with van der Waals surface area (Å²) in [6.07, 6.45) is 4.37. The van der Waals surface area contributed by atoms with Gasteiger partial charge in [0.1, 0.15) is 0 Å². The van der Waals surface area contributed by atoms with Gasteiger partial charge in [-0.15, -0.1) is 0 Å². The Morgan fingerprint density at radius 2 is 2.19 bits per heavy atom. The molecule has 0 radical (unpaired) electrons. The van der Waals surface area contributed by atoms with Crippen LogP contribution in [0.4, 0.5) is 0 Å². The van der Waals surface area contributed by atoms with Crippen LogP contribution in [0.1, 0.15) is 33.6 Å². The zero-order chi connectivity index (χ0) is 12.2. The number of rotatable bonds is 7. The van der Waals surface area contributed by atoms with Gasteiger partial charge in [-0.3, -0.25) is 4.21 Å². The van der Waals surface area contributed by atoms with E-state index in [0.29, 0.717) is 12.1 Å². The summed E-state index contributed by atoms with van der Waals surface area (Å²) in [5.74, 6) is 0.746. The molecule has 4 atom stereocenters. The summed E-state index contributed by atoms with van der Waals surface area (Å²) in [5.41, 5.74) is 0.255. The van der Waals surface area contributed by atoms with Gasteiger partial charge >= 0.3 is 0 Å². The van der Waals surface area contributed by atoms with Crippen LogP contribution in [-0.4, -0.2) is 41.5 Å². The van der Waals surface area contributed by atoms with Gasteiger partial charge in [0, 0.05) is 47.4 Å². The van der Waals surface area contributed by atoms with E-state index in [4.69, 9.17) is 4.74 Å². The van der Waals surface area contributed by atoms with Gasteiger partial charge in [0.25, 0.3) is 0 Å². The lowest BCUT2D eigenvalue weighted by molar-refractivity contribution is -0.125. The molecule has 0 aromatic carbocycles. The molecule has 3 nitrogen and oxygen atoms in total. The zero-order valence-corrected chi connectivity index (χ0v) is 11.7. The average Bonchev–Trinajstić information content (AvgIpc) is 2.25. The van der Waals surface area contributed by atoms with Crippen LogP contribution in [-0.2, 0) is 15.5 Å². The Labute approximate surface area is 102 Å². The fourth-order valence-corrected chi connectivity index (χ4v) is 2.85. The van der Waals surface area contributed by atoms with E-state index in [1.807, 2.05) is 0 Å². The van der Waals surface area contributed by atoms with Crippen molar-refractivity contribution < 1.29 is 8.95 Å². The molecule has 4 unspecified atom stereocenters. The molecule has 1 fully saturated rings. The van der Waals surface area contributed by atoms with E-state index < -0.39 is 10.8 Å². The minimum Gasteiger partial charge on any atom is -0.378 e. The minimum absolute atomic E-state index is 0.255. The van der Waals surface area contributed by atoms with E-state index in [2.05, 4.69) is 26.1 Å². The van der Waals surface area contributed by atoms with Crippen molar-refractivity contribution in [2.24, 2.45) is 5.41 Å². The Morgan fingerprint density at radius 1 is 1.50 bits per heavy atom. The second kappa shape index (κ2) is 6.12. The smallest absolute Gasteiger partial charge is 0.0658 e. The second-order valence-electron chi connectivity index (χ2n) is 4.82. The van der Waals surface area contributed by atoms with Gasteiger partial charge in [0.15, 0.2) is 0 Å². The lowest BCUT2D eigenvalue weighted by Crippen LogP contribution is -2.62. The van der Waals surface area contributed by atoms with E-state index in [1.165, 1.54) is 0 Å². The van der Waals surface area contributed by atoms with Gasteiger partial charge in [0.05, 0.1) is 6.10 Å². The summed E-state index contributed by atoms with van der Waals surface area (Å²) in [5, 5.41) is 3.51. The summed E-state index contributed by atoms with van der Waals surface area (Å²) >= 11 is 0. The van der Waals surface area contributed by atoms with Crippen LogP contribution >= 0.6 is 0 Å². The van der Waals surface area contributed by atoms with E-state index >= 15 is 0 Å². The molecule has 0 bridgehead atoms. The predicted octanol–water partition coefficient (Wildman–Crippen LogP) is 1.55. The molecule has 0 spiro atoms. The van der Waals surface area contributed by atoms with Crippen molar-refractivity contribution in [1.82, 2.24) is 5.32 Å². The van der Waals surface area contributed by atoms with Crippen molar-refractivity contribution in [3.63, 3.8) is 0 Å². The van der Waals surface area contributed by atoms with Crippen LogP contribution in [0.5, 0.6) is 0 Å². The van der Waals surface area contributed by atoms with Gasteiger partial charge in [0.2, 0.25) is 0 Å². The molecule has 4 heteroatoms. The SMILES string of the molecule is CCOC1CC(NCCS(C)=O)C1(C)CC. The second-order valence-corrected chi connectivity index (χ2v) is 6.38. The molecule has 1 N–H and O–H groups in total. The molecule has 0 aromatic heterocycles. The van der Waals surface area contributed by atoms with Gasteiger partial charge in [-0.05, 0) is 19.8 Å². The lowest BCUT2D eigenvalue weighted by Gasteiger charge is -2.53. The number of ether oxygens (including phenoxy) is 1. The first-order valence-electron chi connectivity index (χ1n) is 6.19. The summed E-state index contributed by atoms with van der Waals surface area (Å²) in [6, 6.07) is 0.526. The lowest BCUT2D eigenvalue weighted by atomic mass is 9.61. The fraction of sp³-hybridized carbons (Fsp3) is 1.00. The Hall–Kier alpha value is 0.0700. The van der Waals surface area contributed by atoms with E-state index in [-0.39, 0.29) is 5.41 Å². The summed E-state index contributed by atoms with van der Waals surface area (Å²) in [6.45, 7) is 8.21. The fourth-order valence-electron chi connectivity index (χ4n) is 2.44. The quantitative estimate of drug-likeness (QED) is 0.742. The van der Waals surface area contributed by atoms with E-state index in [1.54, 1.807) is 6.26 Å². The molecule has 0 amide bonds. The van der Waals surface area contributed by atoms with Crippen molar-refractivity contribution in [3.8, 4) is 0 Å². The van der Waals surface area contributed by atoms with Gasteiger partial charge in [-0.2, -0.15) is 0 Å². The Bertz CT molecular complexity index is 247. The molecule has 1 rings (SSSR count). The highest BCUT2D eigenvalue weighted by atomic mass is 32.2. The molecular formula is C12H25NO2S. The van der Waals surface area contributed by atoms with E-state index in [9.17, 15) is 4.21 Å². The highest BCUT2D eigenvalue weighted by Gasteiger charge is 2.50. The molecule has 96 valence electrons. The number of hydrogen-bond acceptors (Lipinski definition) is 3. The standard InChI is InChI=1S/C12H25NO2S/c1-5-12(3)10(9-11(12)15-6-2)13-7-8-16(4)14/h10-11,13H,5-9H2,1-4H3. The topological polar surface area (TPSA) is 38.3 Å². The van der Waals surface area contributed by atoms with Gasteiger partial charge in [-0.1, -0.05) is 13.8 Å². The Balaban J connectivity index is 2.36. The third-order valence-electron chi connectivity index (χ3n) is 3.89. The Morgan fingerprint density at radius 3 is 2.69 bits per heavy atom.